The third-order valence-electron chi connectivity index (χ3n) is 3.78. The first-order valence-electron chi connectivity index (χ1n) is 8.04. The fourth-order valence-corrected chi connectivity index (χ4v) is 2.41. The van der Waals surface area contributed by atoms with Crippen molar-refractivity contribution >= 4 is 5.91 Å². The molecule has 2 aromatic carbocycles. The number of carbonyl (C=O) groups excluding carboxylic acids is 1. The lowest BCUT2D eigenvalue weighted by molar-refractivity contribution is -0.130. The molecular formula is C20H22N2O2. The Morgan fingerprint density at radius 3 is 2.29 bits per heavy atom. The predicted molar refractivity (Wildman–Crippen MR) is 93.4 cm³/mol. The minimum atomic E-state index is -0.661. The first-order chi connectivity index (χ1) is 11.5. The topological polar surface area (TPSA) is 62.1 Å². The van der Waals surface area contributed by atoms with Crippen LogP contribution in [0.5, 0.6) is 5.75 Å². The second-order valence-corrected chi connectivity index (χ2v) is 6.03. The van der Waals surface area contributed by atoms with Gasteiger partial charge in [-0.15, -0.1) is 0 Å². The zero-order valence-corrected chi connectivity index (χ0v) is 14.2. The average Bonchev–Trinajstić information content (AvgIpc) is 2.60. The van der Waals surface area contributed by atoms with Crippen LogP contribution in [0.25, 0.3) is 0 Å². The molecule has 4 heteroatoms. The second kappa shape index (κ2) is 8.16. The zero-order chi connectivity index (χ0) is 17.5. The summed E-state index contributed by atoms with van der Waals surface area (Å²) in [4.78, 5) is 12.7. The number of nitrogens with one attached hydrogen (secondary N) is 1. The van der Waals surface area contributed by atoms with Gasteiger partial charge in [0.15, 0.2) is 6.10 Å². The van der Waals surface area contributed by atoms with Gasteiger partial charge >= 0.3 is 0 Å². The molecule has 0 spiro atoms. The lowest BCUT2D eigenvalue weighted by Crippen LogP contribution is -2.42. The van der Waals surface area contributed by atoms with Crippen LogP contribution in [0.1, 0.15) is 37.9 Å². The zero-order valence-electron chi connectivity index (χ0n) is 14.2. The van der Waals surface area contributed by atoms with Crippen LogP contribution < -0.4 is 10.1 Å². The number of amides is 1. The van der Waals surface area contributed by atoms with Gasteiger partial charge in [0.25, 0.3) is 5.91 Å². The molecule has 2 atom stereocenters. The Bertz CT molecular complexity index is 720. The average molecular weight is 322 g/mol. The van der Waals surface area contributed by atoms with E-state index in [1.807, 2.05) is 51.1 Å². The van der Waals surface area contributed by atoms with E-state index >= 15 is 0 Å². The Morgan fingerprint density at radius 1 is 1.04 bits per heavy atom. The van der Waals surface area contributed by atoms with E-state index in [9.17, 15) is 10.1 Å². The number of para-hydroxylation sites is 1. The third-order valence-corrected chi connectivity index (χ3v) is 3.78. The second-order valence-electron chi connectivity index (χ2n) is 6.03. The molecule has 0 radical (unpaired) electrons. The maximum atomic E-state index is 12.7. The maximum absolute atomic E-state index is 12.7. The van der Waals surface area contributed by atoms with Crippen LogP contribution in [0, 0.1) is 17.2 Å². The van der Waals surface area contributed by atoms with Crippen molar-refractivity contribution in [1.29, 1.82) is 5.26 Å². The Kier molecular flexibility index (Phi) is 5.97. The van der Waals surface area contributed by atoms with E-state index < -0.39 is 6.10 Å². The minimum absolute atomic E-state index is 0.0280. The number of nitriles is 1. The summed E-state index contributed by atoms with van der Waals surface area (Å²) in [5.74, 6) is 0.218. The molecule has 1 N–H and O–H groups in total. The number of hydrogen-bond donors (Lipinski definition) is 1. The van der Waals surface area contributed by atoms with Gasteiger partial charge in [-0.25, -0.2) is 0 Å². The van der Waals surface area contributed by atoms with Crippen molar-refractivity contribution in [3.05, 3.63) is 65.7 Å². The van der Waals surface area contributed by atoms with Gasteiger partial charge in [-0.05, 0) is 30.5 Å². The van der Waals surface area contributed by atoms with Gasteiger partial charge in [-0.1, -0.05) is 56.3 Å². The van der Waals surface area contributed by atoms with Crippen LogP contribution in [0.3, 0.4) is 0 Å². The molecule has 0 saturated heterocycles. The first-order valence-corrected chi connectivity index (χ1v) is 8.04. The summed E-state index contributed by atoms with van der Waals surface area (Å²) in [5.41, 5.74) is 1.46. The van der Waals surface area contributed by atoms with Crippen LogP contribution in [0.15, 0.2) is 54.6 Å². The molecule has 0 saturated carbocycles. The van der Waals surface area contributed by atoms with Gasteiger partial charge < -0.3 is 10.1 Å². The normalized spacial score (nSPS) is 13.0. The predicted octanol–water partition coefficient (Wildman–Crippen LogP) is 3.84. The highest BCUT2D eigenvalue weighted by Gasteiger charge is 2.26. The molecule has 0 aliphatic carbocycles. The standard InChI is InChI=1S/C20H22N2O2/c1-14(2)19(24-18-12-8-7-11-17(18)13-21)20(23)22-15(3)16-9-5-4-6-10-16/h4-12,14-15,19H,1-3H3,(H,22,23). The molecule has 1 amide bonds. The van der Waals surface area contributed by atoms with Crippen molar-refractivity contribution in [2.24, 2.45) is 5.92 Å². The molecule has 0 aliphatic heterocycles. The number of ether oxygens (including phenoxy) is 1. The maximum Gasteiger partial charge on any atom is 0.261 e. The highest BCUT2D eigenvalue weighted by molar-refractivity contribution is 5.82. The van der Waals surface area contributed by atoms with Crippen LogP contribution in [-0.4, -0.2) is 12.0 Å². The molecule has 0 heterocycles. The fraction of sp³-hybridized carbons (Fsp3) is 0.300. The van der Waals surface area contributed by atoms with Crippen molar-refractivity contribution in [2.75, 3.05) is 0 Å². The van der Waals surface area contributed by atoms with Crippen LogP contribution in [0.2, 0.25) is 0 Å². The van der Waals surface area contributed by atoms with E-state index in [1.54, 1.807) is 24.3 Å². The van der Waals surface area contributed by atoms with Crippen molar-refractivity contribution in [3.8, 4) is 11.8 Å². The Balaban J connectivity index is 2.13. The number of carbonyl (C=O) groups is 1. The van der Waals surface area contributed by atoms with Crippen molar-refractivity contribution in [3.63, 3.8) is 0 Å². The van der Waals surface area contributed by atoms with Crippen molar-refractivity contribution < 1.29 is 9.53 Å². The number of hydrogen-bond acceptors (Lipinski definition) is 3. The summed E-state index contributed by atoms with van der Waals surface area (Å²) < 4.78 is 5.86. The molecule has 2 rings (SSSR count). The van der Waals surface area contributed by atoms with Gasteiger partial charge in [-0.3, -0.25) is 4.79 Å². The molecule has 24 heavy (non-hydrogen) atoms. The molecule has 2 unspecified atom stereocenters. The lowest BCUT2D eigenvalue weighted by atomic mass is 10.0. The summed E-state index contributed by atoms with van der Waals surface area (Å²) in [7, 11) is 0. The van der Waals surface area contributed by atoms with Crippen molar-refractivity contribution in [1.82, 2.24) is 5.32 Å². The van der Waals surface area contributed by atoms with Gasteiger partial charge in [0.1, 0.15) is 11.8 Å². The first kappa shape index (κ1) is 17.6. The summed E-state index contributed by atoms with van der Waals surface area (Å²) in [6.07, 6.45) is -0.661. The molecule has 4 nitrogen and oxygen atoms in total. The van der Waals surface area contributed by atoms with E-state index in [-0.39, 0.29) is 17.9 Å². The molecule has 0 fully saturated rings. The minimum Gasteiger partial charge on any atom is -0.479 e. The van der Waals surface area contributed by atoms with Gasteiger partial charge in [0.2, 0.25) is 0 Å². The molecular weight excluding hydrogens is 300 g/mol. The molecule has 2 aromatic rings. The quantitative estimate of drug-likeness (QED) is 0.879. The monoisotopic (exact) mass is 322 g/mol. The van der Waals surface area contributed by atoms with E-state index in [2.05, 4.69) is 11.4 Å². The number of benzene rings is 2. The van der Waals surface area contributed by atoms with E-state index in [1.165, 1.54) is 0 Å². The fourth-order valence-electron chi connectivity index (χ4n) is 2.41. The third kappa shape index (κ3) is 4.36. The Hall–Kier alpha value is -2.80. The van der Waals surface area contributed by atoms with Gasteiger partial charge in [0.05, 0.1) is 11.6 Å². The summed E-state index contributed by atoms with van der Waals surface area (Å²) in [6, 6.07) is 18.7. The lowest BCUT2D eigenvalue weighted by Gasteiger charge is -2.24. The summed E-state index contributed by atoms with van der Waals surface area (Å²) in [6.45, 7) is 5.78. The molecule has 124 valence electrons. The van der Waals surface area contributed by atoms with Gasteiger partial charge in [0, 0.05) is 0 Å². The molecule has 0 aliphatic rings. The highest BCUT2D eigenvalue weighted by atomic mass is 16.5. The Labute approximate surface area is 143 Å². The van der Waals surface area contributed by atoms with E-state index in [0.717, 1.165) is 5.56 Å². The van der Waals surface area contributed by atoms with Crippen LogP contribution in [0.4, 0.5) is 0 Å². The van der Waals surface area contributed by atoms with Gasteiger partial charge in [-0.2, -0.15) is 5.26 Å². The van der Waals surface area contributed by atoms with E-state index in [4.69, 9.17) is 4.74 Å². The Morgan fingerprint density at radius 2 is 1.67 bits per heavy atom. The van der Waals surface area contributed by atoms with Crippen LogP contribution in [-0.2, 0) is 4.79 Å². The highest BCUT2D eigenvalue weighted by Crippen LogP contribution is 2.21. The smallest absolute Gasteiger partial charge is 0.261 e. The molecule has 0 bridgehead atoms. The van der Waals surface area contributed by atoms with Crippen LogP contribution >= 0.6 is 0 Å². The van der Waals surface area contributed by atoms with E-state index in [0.29, 0.717) is 11.3 Å². The number of nitrogens with zero attached hydrogens (tertiary/aromatic N) is 1. The molecule has 0 aromatic heterocycles. The largest absolute Gasteiger partial charge is 0.479 e. The number of rotatable bonds is 6. The van der Waals surface area contributed by atoms with Crippen molar-refractivity contribution in [2.45, 2.75) is 32.9 Å². The summed E-state index contributed by atoms with van der Waals surface area (Å²) >= 11 is 0. The summed E-state index contributed by atoms with van der Waals surface area (Å²) in [5, 5.41) is 12.2. The SMILES string of the molecule is CC(NC(=O)C(Oc1ccccc1C#N)C(C)C)c1ccccc1.